The molecular weight excluding hydrogens is 226 g/mol. The molecule has 0 unspecified atom stereocenters. The van der Waals surface area contributed by atoms with E-state index in [1.165, 1.54) is 12.8 Å². The second-order valence-electron chi connectivity index (χ2n) is 5.20. The van der Waals surface area contributed by atoms with Crippen molar-refractivity contribution in [1.82, 2.24) is 15.2 Å². The Morgan fingerprint density at radius 2 is 2.17 bits per heavy atom. The van der Waals surface area contributed by atoms with Gasteiger partial charge >= 0.3 is 0 Å². The zero-order valence-corrected chi connectivity index (χ0v) is 11.6. The number of likely N-dealkylation sites (N-methyl/N-ethyl adjacent to an activating group) is 1. The molecule has 1 N–H and O–H groups in total. The maximum Gasteiger partial charge on any atom is 0.142 e. The molecular formula is C14H23N3O. The third-order valence-corrected chi connectivity index (χ3v) is 3.00. The number of pyridine rings is 1. The summed E-state index contributed by atoms with van der Waals surface area (Å²) in [5.41, 5.74) is 2.07. The fourth-order valence-electron chi connectivity index (χ4n) is 1.72. The van der Waals surface area contributed by atoms with Gasteiger partial charge in [-0.15, -0.1) is 0 Å². The second-order valence-corrected chi connectivity index (χ2v) is 5.20. The predicted molar refractivity (Wildman–Crippen MR) is 72.9 cm³/mol. The Labute approximate surface area is 109 Å². The zero-order valence-electron chi connectivity index (χ0n) is 11.6. The lowest BCUT2D eigenvalue weighted by atomic mass is 10.3. The van der Waals surface area contributed by atoms with Gasteiger partial charge < -0.3 is 15.0 Å². The highest BCUT2D eigenvalue weighted by atomic mass is 16.5. The maximum atomic E-state index is 5.81. The fraction of sp³-hybridized carbons (Fsp3) is 0.643. The minimum atomic E-state index is 0.696. The summed E-state index contributed by atoms with van der Waals surface area (Å²) in [4.78, 5) is 6.68. The van der Waals surface area contributed by atoms with Gasteiger partial charge in [-0.2, -0.15) is 0 Å². The minimum absolute atomic E-state index is 0.696. The van der Waals surface area contributed by atoms with E-state index in [1.807, 2.05) is 33.2 Å². The molecule has 1 aromatic heterocycles. The Morgan fingerprint density at radius 3 is 2.83 bits per heavy atom. The van der Waals surface area contributed by atoms with Crippen LogP contribution in [0.5, 0.6) is 5.75 Å². The van der Waals surface area contributed by atoms with Crippen molar-refractivity contribution < 1.29 is 4.74 Å². The largest absolute Gasteiger partial charge is 0.490 e. The molecule has 1 aliphatic rings. The van der Waals surface area contributed by atoms with Gasteiger partial charge in [-0.25, -0.2) is 0 Å². The average Bonchev–Trinajstić information content (AvgIpc) is 3.12. The Hall–Kier alpha value is -1.13. The van der Waals surface area contributed by atoms with E-state index in [4.69, 9.17) is 4.74 Å². The molecule has 2 rings (SSSR count). The highest BCUT2D eigenvalue weighted by molar-refractivity contribution is 5.29. The summed E-state index contributed by atoms with van der Waals surface area (Å²) >= 11 is 0. The fourth-order valence-corrected chi connectivity index (χ4v) is 1.72. The SMILES string of the molecule is Cc1ccc(OCCN(C)C)c(CNC2CC2)n1. The normalized spacial score (nSPS) is 15.1. The Morgan fingerprint density at radius 1 is 1.39 bits per heavy atom. The van der Waals surface area contributed by atoms with E-state index in [1.54, 1.807) is 0 Å². The number of rotatable bonds is 7. The van der Waals surface area contributed by atoms with Crippen molar-refractivity contribution in [2.24, 2.45) is 0 Å². The van der Waals surface area contributed by atoms with Gasteiger partial charge in [0.05, 0.1) is 5.69 Å². The summed E-state index contributed by atoms with van der Waals surface area (Å²) in [7, 11) is 4.10. The molecule has 0 aliphatic heterocycles. The van der Waals surface area contributed by atoms with E-state index in [0.29, 0.717) is 12.6 Å². The van der Waals surface area contributed by atoms with Gasteiger partial charge in [0.15, 0.2) is 0 Å². The van der Waals surface area contributed by atoms with Crippen LogP contribution in [0, 0.1) is 6.92 Å². The van der Waals surface area contributed by atoms with E-state index in [2.05, 4.69) is 15.2 Å². The number of ether oxygens (including phenoxy) is 1. The Kier molecular flexibility index (Phi) is 4.55. The Balaban J connectivity index is 1.93. The summed E-state index contributed by atoms with van der Waals surface area (Å²) in [5, 5.41) is 3.49. The van der Waals surface area contributed by atoms with Gasteiger partial charge in [-0.3, -0.25) is 4.98 Å². The molecule has 0 bridgehead atoms. The highest BCUT2D eigenvalue weighted by Gasteiger charge is 2.21. The van der Waals surface area contributed by atoms with Crippen LogP contribution in [0.3, 0.4) is 0 Å². The van der Waals surface area contributed by atoms with Gasteiger partial charge in [-0.05, 0) is 46.0 Å². The van der Waals surface area contributed by atoms with Gasteiger partial charge in [-0.1, -0.05) is 0 Å². The molecule has 0 amide bonds. The summed E-state index contributed by atoms with van der Waals surface area (Å²) in [5.74, 6) is 0.913. The van der Waals surface area contributed by atoms with Crippen molar-refractivity contribution in [3.05, 3.63) is 23.5 Å². The first kappa shape index (κ1) is 13.3. The molecule has 0 saturated heterocycles. The topological polar surface area (TPSA) is 37.4 Å². The molecule has 4 nitrogen and oxygen atoms in total. The average molecular weight is 249 g/mol. The molecule has 0 atom stereocenters. The zero-order chi connectivity index (χ0) is 13.0. The molecule has 1 aliphatic carbocycles. The number of nitrogens with zero attached hydrogens (tertiary/aromatic N) is 2. The summed E-state index contributed by atoms with van der Waals surface area (Å²) < 4.78 is 5.81. The quantitative estimate of drug-likeness (QED) is 0.796. The molecule has 0 spiro atoms. The number of hydrogen-bond donors (Lipinski definition) is 1. The van der Waals surface area contributed by atoms with Crippen LogP contribution in [-0.4, -0.2) is 43.2 Å². The van der Waals surface area contributed by atoms with Crippen molar-refractivity contribution in [2.45, 2.75) is 32.4 Å². The van der Waals surface area contributed by atoms with Crippen LogP contribution >= 0.6 is 0 Å². The summed E-state index contributed by atoms with van der Waals surface area (Å²) in [6.07, 6.45) is 2.59. The third-order valence-electron chi connectivity index (χ3n) is 3.00. The standard InChI is InChI=1S/C14H23N3O/c1-11-4-7-14(18-9-8-17(2)3)13(16-11)10-15-12-5-6-12/h4,7,12,15H,5-6,8-10H2,1-3H3. The molecule has 1 heterocycles. The first-order chi connectivity index (χ1) is 8.65. The predicted octanol–water partition coefficient (Wildman–Crippen LogP) is 1.58. The smallest absolute Gasteiger partial charge is 0.142 e. The molecule has 100 valence electrons. The van der Waals surface area contributed by atoms with E-state index in [9.17, 15) is 0 Å². The molecule has 4 heteroatoms. The van der Waals surface area contributed by atoms with E-state index >= 15 is 0 Å². The van der Waals surface area contributed by atoms with Crippen molar-refractivity contribution in [1.29, 1.82) is 0 Å². The molecule has 18 heavy (non-hydrogen) atoms. The van der Waals surface area contributed by atoms with Crippen LogP contribution in [-0.2, 0) is 6.54 Å². The molecule has 1 fully saturated rings. The number of aryl methyl sites for hydroxylation is 1. The number of nitrogens with one attached hydrogen (secondary N) is 1. The van der Waals surface area contributed by atoms with Crippen LogP contribution < -0.4 is 10.1 Å². The molecule has 1 aromatic rings. The molecule has 1 saturated carbocycles. The lowest BCUT2D eigenvalue weighted by Gasteiger charge is -2.14. The van der Waals surface area contributed by atoms with E-state index in [-0.39, 0.29) is 0 Å². The second kappa shape index (κ2) is 6.16. The van der Waals surface area contributed by atoms with Crippen molar-refractivity contribution in [3.63, 3.8) is 0 Å². The summed E-state index contributed by atoms with van der Waals surface area (Å²) in [6, 6.07) is 4.73. The van der Waals surface area contributed by atoms with Crippen molar-refractivity contribution >= 4 is 0 Å². The van der Waals surface area contributed by atoms with Gasteiger partial charge in [0.2, 0.25) is 0 Å². The lowest BCUT2D eigenvalue weighted by Crippen LogP contribution is -2.21. The van der Waals surface area contributed by atoms with Crippen LogP contribution in [0.1, 0.15) is 24.2 Å². The third kappa shape index (κ3) is 4.27. The van der Waals surface area contributed by atoms with E-state index in [0.717, 1.165) is 30.2 Å². The van der Waals surface area contributed by atoms with Gasteiger partial charge in [0.25, 0.3) is 0 Å². The van der Waals surface area contributed by atoms with Gasteiger partial charge in [0.1, 0.15) is 12.4 Å². The Bertz CT molecular complexity index is 389. The number of hydrogen-bond acceptors (Lipinski definition) is 4. The van der Waals surface area contributed by atoms with E-state index < -0.39 is 0 Å². The van der Waals surface area contributed by atoms with Crippen LogP contribution in [0.15, 0.2) is 12.1 Å². The monoisotopic (exact) mass is 249 g/mol. The maximum absolute atomic E-state index is 5.81. The first-order valence-electron chi connectivity index (χ1n) is 6.62. The van der Waals surface area contributed by atoms with Crippen LogP contribution in [0.4, 0.5) is 0 Å². The molecule has 0 radical (unpaired) electrons. The minimum Gasteiger partial charge on any atom is -0.490 e. The highest BCUT2D eigenvalue weighted by Crippen LogP contribution is 2.22. The van der Waals surface area contributed by atoms with Crippen molar-refractivity contribution in [2.75, 3.05) is 27.2 Å². The van der Waals surface area contributed by atoms with Gasteiger partial charge in [0, 0.05) is 24.8 Å². The summed E-state index contributed by atoms with van der Waals surface area (Å²) in [6.45, 7) is 4.45. The number of aromatic nitrogens is 1. The lowest BCUT2D eigenvalue weighted by molar-refractivity contribution is 0.258. The van der Waals surface area contributed by atoms with Crippen LogP contribution in [0.25, 0.3) is 0 Å². The van der Waals surface area contributed by atoms with Crippen molar-refractivity contribution in [3.8, 4) is 5.75 Å². The first-order valence-corrected chi connectivity index (χ1v) is 6.62. The van der Waals surface area contributed by atoms with Crippen LogP contribution in [0.2, 0.25) is 0 Å². The molecule has 0 aromatic carbocycles.